The molecule has 0 N–H and O–H groups in total. The summed E-state index contributed by atoms with van der Waals surface area (Å²) in [7, 11) is 1.18. The number of hydrogen-bond donors (Lipinski definition) is 0. The van der Waals surface area contributed by atoms with Gasteiger partial charge in [0.25, 0.3) is 5.91 Å². The molecule has 0 radical (unpaired) electrons. The highest BCUT2D eigenvalue weighted by molar-refractivity contribution is 5.99. The Hall–Kier alpha value is -2.24. The molecule has 6 nitrogen and oxygen atoms in total. The first-order valence-electron chi connectivity index (χ1n) is 5.56. The van der Waals surface area contributed by atoms with Gasteiger partial charge in [0.15, 0.2) is 11.5 Å². The molecule has 0 aliphatic carbocycles. The summed E-state index contributed by atoms with van der Waals surface area (Å²) in [6.07, 6.45) is -0.270. The fraction of sp³-hybridized carbons (Fsp3) is 0.333. The van der Waals surface area contributed by atoms with Gasteiger partial charge in [0.05, 0.1) is 19.2 Å². The predicted octanol–water partition coefficient (Wildman–Crippen LogP) is 2.34. The van der Waals surface area contributed by atoms with Crippen LogP contribution in [0.15, 0.2) is 18.2 Å². The minimum Gasteiger partial charge on any atom is -0.449 e. The van der Waals surface area contributed by atoms with Crippen LogP contribution < -0.4 is 4.74 Å². The Labute approximate surface area is 104 Å². The van der Waals surface area contributed by atoms with Crippen LogP contribution in [-0.4, -0.2) is 30.8 Å². The molecule has 1 aromatic carbocycles. The second kappa shape index (κ2) is 4.95. The average Bonchev–Trinajstić information content (AvgIpc) is 3.16. The maximum atomic E-state index is 12.2. The molecule has 0 saturated heterocycles. The zero-order chi connectivity index (χ0) is 13.1. The highest BCUT2D eigenvalue weighted by Crippen LogP contribution is 2.48. The van der Waals surface area contributed by atoms with Crippen LogP contribution in [0.5, 0.6) is 11.5 Å². The number of para-hydroxylation sites is 1. The monoisotopic (exact) mass is 251 g/mol. The standard InChI is InChI=1S/C12H13NO5/c1-3-7-13(18-12(15)16-2)11(14)8-5-4-6-9-10(8)17-9/h4-6H,3,7H2,1-2H3. The summed E-state index contributed by atoms with van der Waals surface area (Å²) in [4.78, 5) is 28.0. The molecule has 1 aromatic rings. The van der Waals surface area contributed by atoms with Gasteiger partial charge in [-0.2, -0.15) is 5.06 Å². The largest absolute Gasteiger partial charge is 0.533 e. The molecule has 1 amide bonds. The van der Waals surface area contributed by atoms with Gasteiger partial charge >= 0.3 is 6.16 Å². The van der Waals surface area contributed by atoms with E-state index in [1.54, 1.807) is 18.2 Å². The molecule has 0 bridgehead atoms. The number of nitrogens with zero attached hydrogens (tertiary/aromatic N) is 1. The topological polar surface area (TPSA) is 68.4 Å². The van der Waals surface area contributed by atoms with Crippen LogP contribution in [0.1, 0.15) is 23.7 Å². The number of hydrogen-bond acceptors (Lipinski definition) is 5. The Morgan fingerprint density at radius 3 is 2.83 bits per heavy atom. The third kappa shape index (κ3) is 2.37. The van der Waals surface area contributed by atoms with Gasteiger partial charge in [0.1, 0.15) is 0 Å². The van der Waals surface area contributed by atoms with Crippen LogP contribution in [0.2, 0.25) is 0 Å². The lowest BCUT2D eigenvalue weighted by Crippen LogP contribution is -2.34. The number of fused-ring (bicyclic) bond motifs is 1. The number of hydroxylamine groups is 2. The number of rotatable bonds is 3. The van der Waals surface area contributed by atoms with Crippen molar-refractivity contribution >= 4 is 12.1 Å². The molecule has 18 heavy (non-hydrogen) atoms. The fourth-order valence-corrected chi connectivity index (χ4v) is 1.51. The van der Waals surface area contributed by atoms with E-state index in [1.165, 1.54) is 7.11 Å². The van der Waals surface area contributed by atoms with Crippen LogP contribution >= 0.6 is 0 Å². The highest BCUT2D eigenvalue weighted by Gasteiger charge is 2.31. The third-order valence-corrected chi connectivity index (χ3v) is 2.38. The van der Waals surface area contributed by atoms with Gasteiger partial charge < -0.3 is 14.3 Å². The zero-order valence-electron chi connectivity index (χ0n) is 10.1. The summed E-state index contributed by atoms with van der Waals surface area (Å²) in [6, 6.07) is 5.09. The number of carbonyl (C=O) groups is 2. The highest BCUT2D eigenvalue weighted by atomic mass is 16.8. The van der Waals surface area contributed by atoms with Gasteiger partial charge in [-0.1, -0.05) is 13.0 Å². The summed E-state index contributed by atoms with van der Waals surface area (Å²) < 4.78 is 9.50. The van der Waals surface area contributed by atoms with Crippen molar-refractivity contribution in [2.24, 2.45) is 0 Å². The lowest BCUT2D eigenvalue weighted by molar-refractivity contribution is -0.0940. The van der Waals surface area contributed by atoms with Crippen molar-refractivity contribution < 1.29 is 23.9 Å². The first-order chi connectivity index (χ1) is 8.67. The Bertz CT molecular complexity index is 485. The van der Waals surface area contributed by atoms with Crippen LogP contribution in [-0.2, 0) is 9.57 Å². The molecule has 1 heterocycles. The first-order valence-corrected chi connectivity index (χ1v) is 5.56. The van der Waals surface area contributed by atoms with Gasteiger partial charge in [-0.3, -0.25) is 4.79 Å². The van der Waals surface area contributed by atoms with Gasteiger partial charge in [-0.15, -0.1) is 0 Å². The minimum atomic E-state index is -0.922. The van der Waals surface area contributed by atoms with Crippen molar-refractivity contribution in [3.8, 4) is 11.5 Å². The van der Waals surface area contributed by atoms with E-state index < -0.39 is 12.1 Å². The van der Waals surface area contributed by atoms with Gasteiger partial charge in [-0.25, -0.2) is 4.79 Å². The van der Waals surface area contributed by atoms with Gasteiger partial charge in [0.2, 0.25) is 0 Å². The SMILES string of the molecule is CCCN(OC(=O)OC)C(=O)c1cccc2c1O2. The Morgan fingerprint density at radius 1 is 1.39 bits per heavy atom. The quantitative estimate of drug-likeness (QED) is 0.475. The van der Waals surface area contributed by atoms with Crippen molar-refractivity contribution in [1.29, 1.82) is 0 Å². The Kier molecular flexibility index (Phi) is 3.36. The molecule has 0 saturated carbocycles. The maximum Gasteiger partial charge on any atom is 0.533 e. The Balaban J connectivity index is 2.14. The third-order valence-electron chi connectivity index (χ3n) is 2.38. The lowest BCUT2D eigenvalue weighted by Gasteiger charge is -2.18. The van der Waals surface area contributed by atoms with Crippen LogP contribution in [0, 0.1) is 0 Å². The van der Waals surface area contributed by atoms with Crippen molar-refractivity contribution in [2.75, 3.05) is 13.7 Å². The molecule has 0 unspecified atom stereocenters. The number of benzene rings is 1. The van der Waals surface area contributed by atoms with Crippen LogP contribution in [0.4, 0.5) is 4.79 Å². The van der Waals surface area contributed by atoms with Gasteiger partial charge in [0, 0.05) is 0 Å². The van der Waals surface area contributed by atoms with E-state index in [4.69, 9.17) is 9.57 Å². The molecule has 2 rings (SSSR count). The van der Waals surface area contributed by atoms with E-state index in [2.05, 4.69) is 4.74 Å². The van der Waals surface area contributed by atoms with E-state index in [0.29, 0.717) is 23.5 Å². The lowest BCUT2D eigenvalue weighted by atomic mass is 10.2. The summed E-state index contributed by atoms with van der Waals surface area (Å²) in [6.45, 7) is 2.16. The number of amides is 1. The molecule has 0 aromatic heterocycles. The molecule has 0 spiro atoms. The van der Waals surface area contributed by atoms with Gasteiger partial charge in [-0.05, 0) is 18.6 Å². The summed E-state index contributed by atoms with van der Waals surface area (Å²) in [5.41, 5.74) is 0.379. The number of carbonyl (C=O) groups excluding carboxylic acids is 2. The van der Waals surface area contributed by atoms with E-state index in [-0.39, 0.29) is 6.54 Å². The summed E-state index contributed by atoms with van der Waals surface area (Å²) >= 11 is 0. The number of methoxy groups -OCH3 is 1. The predicted molar refractivity (Wildman–Crippen MR) is 61.3 cm³/mol. The van der Waals surface area contributed by atoms with E-state index >= 15 is 0 Å². The van der Waals surface area contributed by atoms with Crippen molar-refractivity contribution in [3.05, 3.63) is 23.8 Å². The fourth-order valence-electron chi connectivity index (χ4n) is 1.51. The van der Waals surface area contributed by atoms with Crippen LogP contribution in [0.3, 0.4) is 0 Å². The van der Waals surface area contributed by atoms with E-state index in [9.17, 15) is 9.59 Å². The molecule has 1 aliphatic rings. The maximum absolute atomic E-state index is 12.2. The summed E-state index contributed by atoms with van der Waals surface area (Å²) in [5.74, 6) is 0.795. The van der Waals surface area contributed by atoms with E-state index in [0.717, 1.165) is 5.06 Å². The van der Waals surface area contributed by atoms with Crippen molar-refractivity contribution in [2.45, 2.75) is 13.3 Å². The molecule has 0 fully saturated rings. The number of ether oxygens (including phenoxy) is 2. The van der Waals surface area contributed by atoms with Crippen molar-refractivity contribution in [1.82, 2.24) is 5.06 Å². The molecular formula is C12H13NO5. The normalized spacial score (nSPS) is 11.0. The van der Waals surface area contributed by atoms with Crippen molar-refractivity contribution in [3.63, 3.8) is 0 Å². The molecular weight excluding hydrogens is 238 g/mol. The zero-order valence-corrected chi connectivity index (χ0v) is 10.1. The summed E-state index contributed by atoms with van der Waals surface area (Å²) in [5, 5.41) is 0.975. The second-order valence-corrected chi connectivity index (χ2v) is 3.69. The molecule has 96 valence electrons. The van der Waals surface area contributed by atoms with Crippen LogP contribution in [0.25, 0.3) is 0 Å². The molecule has 1 aliphatic heterocycles. The average molecular weight is 251 g/mol. The molecule has 0 atom stereocenters. The minimum absolute atomic E-state index is 0.289. The smallest absolute Gasteiger partial charge is 0.449 e. The second-order valence-electron chi connectivity index (χ2n) is 3.69. The molecule has 6 heteroatoms. The Morgan fingerprint density at radius 2 is 2.17 bits per heavy atom. The first kappa shape index (κ1) is 12.2. The van der Waals surface area contributed by atoms with E-state index in [1.807, 2.05) is 6.92 Å².